The lowest BCUT2D eigenvalue weighted by Gasteiger charge is -2.29. The van der Waals surface area contributed by atoms with E-state index in [1.54, 1.807) is 0 Å². The maximum absolute atomic E-state index is 12.8. The molecule has 0 aliphatic heterocycles. The zero-order valence-corrected chi connectivity index (χ0v) is 13.5. The Hall–Kier alpha value is -2.62. The van der Waals surface area contributed by atoms with Gasteiger partial charge in [0.1, 0.15) is 5.41 Å². The first-order chi connectivity index (χ1) is 11.1. The second-order valence-corrected chi connectivity index (χ2v) is 5.43. The molecular weight excluding hydrogens is 288 g/mol. The Morgan fingerprint density at radius 2 is 1.09 bits per heavy atom. The van der Waals surface area contributed by atoms with Crippen LogP contribution in [0, 0.1) is 5.41 Å². The number of para-hydroxylation sites is 2. The van der Waals surface area contributed by atoms with Crippen molar-refractivity contribution < 1.29 is 9.59 Å². The number of hydrogen-bond donors (Lipinski definition) is 2. The summed E-state index contributed by atoms with van der Waals surface area (Å²) in [5, 5.41) is 5.70. The predicted molar refractivity (Wildman–Crippen MR) is 93.2 cm³/mol. The molecule has 2 N–H and O–H groups in total. The van der Waals surface area contributed by atoms with Gasteiger partial charge in [-0.3, -0.25) is 9.59 Å². The van der Waals surface area contributed by atoms with Crippen LogP contribution in [0.15, 0.2) is 60.7 Å². The van der Waals surface area contributed by atoms with Crippen molar-refractivity contribution in [1.82, 2.24) is 0 Å². The highest BCUT2D eigenvalue weighted by Crippen LogP contribution is 2.30. The van der Waals surface area contributed by atoms with Gasteiger partial charge < -0.3 is 10.6 Å². The summed E-state index contributed by atoms with van der Waals surface area (Å²) in [7, 11) is 0. The third kappa shape index (κ3) is 3.77. The Bertz CT molecular complexity index is 594. The Kier molecular flexibility index (Phi) is 5.52. The summed E-state index contributed by atoms with van der Waals surface area (Å²) in [5.41, 5.74) is 0.290. The third-order valence-electron chi connectivity index (χ3n) is 4.14. The molecule has 0 saturated heterocycles. The first-order valence-electron chi connectivity index (χ1n) is 7.85. The fraction of sp³-hybridized carbons (Fsp3) is 0.263. The van der Waals surface area contributed by atoms with Gasteiger partial charge in [0.25, 0.3) is 0 Å². The van der Waals surface area contributed by atoms with Gasteiger partial charge in [-0.2, -0.15) is 0 Å². The molecule has 4 heteroatoms. The van der Waals surface area contributed by atoms with E-state index in [1.807, 2.05) is 74.5 Å². The molecule has 0 spiro atoms. The second-order valence-electron chi connectivity index (χ2n) is 5.43. The lowest BCUT2D eigenvalue weighted by atomic mass is 9.80. The molecule has 0 heterocycles. The quantitative estimate of drug-likeness (QED) is 0.790. The molecule has 2 aromatic rings. The number of carbonyl (C=O) groups excluding carboxylic acids is 2. The molecule has 0 bridgehead atoms. The van der Waals surface area contributed by atoms with E-state index >= 15 is 0 Å². The van der Waals surface area contributed by atoms with Gasteiger partial charge in [-0.25, -0.2) is 0 Å². The van der Waals surface area contributed by atoms with Crippen molar-refractivity contribution in [3.63, 3.8) is 0 Å². The Labute approximate surface area is 136 Å². The standard InChI is InChI=1S/C19H22N2O2/c1-3-19(4-2,17(22)20-15-11-7-5-8-12-15)18(23)21-16-13-9-6-10-14-16/h5-14H,3-4H2,1-2H3,(H,20,22)(H,21,23). The van der Waals surface area contributed by atoms with E-state index in [1.165, 1.54) is 0 Å². The summed E-state index contributed by atoms with van der Waals surface area (Å²) in [6.07, 6.45) is 0.863. The molecule has 0 fully saturated rings. The van der Waals surface area contributed by atoms with E-state index in [0.717, 1.165) is 0 Å². The number of carbonyl (C=O) groups is 2. The molecule has 0 saturated carbocycles. The van der Waals surface area contributed by atoms with Crippen molar-refractivity contribution in [3.05, 3.63) is 60.7 Å². The molecule has 0 atom stereocenters. The highest BCUT2D eigenvalue weighted by Gasteiger charge is 2.42. The van der Waals surface area contributed by atoms with Crippen molar-refractivity contribution >= 4 is 23.2 Å². The first kappa shape index (κ1) is 16.7. The van der Waals surface area contributed by atoms with E-state index in [2.05, 4.69) is 10.6 Å². The van der Waals surface area contributed by atoms with Crippen LogP contribution in [0.25, 0.3) is 0 Å². The molecular formula is C19H22N2O2. The summed E-state index contributed by atoms with van der Waals surface area (Å²) in [6.45, 7) is 3.72. The SMILES string of the molecule is CCC(CC)(C(=O)Nc1ccccc1)C(=O)Nc1ccccc1. The van der Waals surface area contributed by atoms with E-state index < -0.39 is 5.41 Å². The van der Waals surface area contributed by atoms with Crippen LogP contribution < -0.4 is 10.6 Å². The lowest BCUT2D eigenvalue weighted by molar-refractivity contribution is -0.137. The summed E-state index contributed by atoms with van der Waals surface area (Å²) in [6, 6.07) is 18.4. The van der Waals surface area contributed by atoms with Gasteiger partial charge in [-0.15, -0.1) is 0 Å². The highest BCUT2D eigenvalue weighted by molar-refractivity contribution is 6.14. The van der Waals surface area contributed by atoms with Crippen molar-refractivity contribution in [2.75, 3.05) is 10.6 Å². The zero-order chi connectivity index (χ0) is 16.7. The summed E-state index contributed by atoms with van der Waals surface area (Å²) in [4.78, 5) is 25.5. The first-order valence-corrected chi connectivity index (χ1v) is 7.85. The van der Waals surface area contributed by atoms with E-state index in [9.17, 15) is 9.59 Å². The number of anilines is 2. The molecule has 0 radical (unpaired) electrons. The Morgan fingerprint density at radius 3 is 1.39 bits per heavy atom. The van der Waals surface area contributed by atoms with Gasteiger partial charge in [-0.05, 0) is 37.1 Å². The van der Waals surface area contributed by atoms with Gasteiger partial charge in [-0.1, -0.05) is 50.2 Å². The van der Waals surface area contributed by atoms with Crippen LogP contribution in [0.4, 0.5) is 11.4 Å². The molecule has 4 nitrogen and oxygen atoms in total. The molecule has 0 aliphatic rings. The number of nitrogens with one attached hydrogen (secondary N) is 2. The molecule has 23 heavy (non-hydrogen) atoms. The van der Waals surface area contributed by atoms with Gasteiger partial charge in [0.2, 0.25) is 11.8 Å². The molecule has 2 aromatic carbocycles. The van der Waals surface area contributed by atoms with Crippen LogP contribution >= 0.6 is 0 Å². The maximum Gasteiger partial charge on any atom is 0.240 e. The van der Waals surface area contributed by atoms with E-state index in [-0.39, 0.29) is 11.8 Å². The lowest BCUT2D eigenvalue weighted by Crippen LogP contribution is -2.45. The third-order valence-corrected chi connectivity index (χ3v) is 4.14. The number of hydrogen-bond acceptors (Lipinski definition) is 2. The minimum absolute atomic E-state index is 0.276. The number of amides is 2. The van der Waals surface area contributed by atoms with Gasteiger partial charge in [0, 0.05) is 11.4 Å². The van der Waals surface area contributed by atoms with Gasteiger partial charge in [0.15, 0.2) is 0 Å². The molecule has 120 valence electrons. The van der Waals surface area contributed by atoms with E-state index in [4.69, 9.17) is 0 Å². The summed E-state index contributed by atoms with van der Waals surface area (Å²) >= 11 is 0. The fourth-order valence-corrected chi connectivity index (χ4v) is 2.54. The topological polar surface area (TPSA) is 58.2 Å². The van der Waals surface area contributed by atoms with Crippen molar-refractivity contribution in [3.8, 4) is 0 Å². The van der Waals surface area contributed by atoms with Crippen molar-refractivity contribution in [2.24, 2.45) is 5.41 Å². The second kappa shape index (κ2) is 7.58. The van der Waals surface area contributed by atoms with Crippen molar-refractivity contribution in [1.29, 1.82) is 0 Å². The Balaban J connectivity index is 2.20. The predicted octanol–water partition coefficient (Wildman–Crippen LogP) is 4.07. The van der Waals surface area contributed by atoms with Crippen LogP contribution in [0.5, 0.6) is 0 Å². The van der Waals surface area contributed by atoms with E-state index in [0.29, 0.717) is 24.2 Å². The Morgan fingerprint density at radius 1 is 0.739 bits per heavy atom. The molecule has 0 aliphatic carbocycles. The average Bonchev–Trinajstić information content (AvgIpc) is 2.58. The monoisotopic (exact) mass is 310 g/mol. The molecule has 2 amide bonds. The fourth-order valence-electron chi connectivity index (χ4n) is 2.54. The molecule has 0 unspecified atom stereocenters. The van der Waals surface area contributed by atoms with Crippen LogP contribution in [-0.2, 0) is 9.59 Å². The largest absolute Gasteiger partial charge is 0.325 e. The van der Waals surface area contributed by atoms with Crippen LogP contribution in [0.3, 0.4) is 0 Å². The van der Waals surface area contributed by atoms with Crippen LogP contribution in [0.2, 0.25) is 0 Å². The van der Waals surface area contributed by atoms with Crippen molar-refractivity contribution in [2.45, 2.75) is 26.7 Å². The zero-order valence-electron chi connectivity index (χ0n) is 13.5. The minimum atomic E-state index is -1.09. The normalized spacial score (nSPS) is 10.9. The number of rotatable bonds is 6. The highest BCUT2D eigenvalue weighted by atomic mass is 16.2. The van der Waals surface area contributed by atoms with Crippen LogP contribution in [-0.4, -0.2) is 11.8 Å². The smallest absolute Gasteiger partial charge is 0.240 e. The molecule has 0 aromatic heterocycles. The minimum Gasteiger partial charge on any atom is -0.325 e. The summed E-state index contributed by atoms with van der Waals surface area (Å²) < 4.78 is 0. The molecule has 2 rings (SSSR count). The average molecular weight is 310 g/mol. The van der Waals surface area contributed by atoms with Gasteiger partial charge >= 0.3 is 0 Å². The maximum atomic E-state index is 12.8. The van der Waals surface area contributed by atoms with Crippen LogP contribution in [0.1, 0.15) is 26.7 Å². The summed E-state index contributed by atoms with van der Waals surface area (Å²) in [5.74, 6) is -0.552. The number of benzene rings is 2. The van der Waals surface area contributed by atoms with Gasteiger partial charge in [0.05, 0.1) is 0 Å².